The molecule has 1 N–H and O–H groups in total. The van der Waals surface area contributed by atoms with Crippen LogP contribution < -0.4 is 5.32 Å². The summed E-state index contributed by atoms with van der Waals surface area (Å²) in [7, 11) is -0.599. The number of nitrogens with one attached hydrogen (secondary N) is 1. The van der Waals surface area contributed by atoms with Crippen molar-refractivity contribution in [3.05, 3.63) is 64.5 Å². The lowest BCUT2D eigenvalue weighted by atomic mass is 10.2. The van der Waals surface area contributed by atoms with Crippen LogP contribution >= 0.6 is 15.9 Å². The van der Waals surface area contributed by atoms with E-state index in [0.29, 0.717) is 12.1 Å². The summed E-state index contributed by atoms with van der Waals surface area (Å²) in [5.41, 5.74) is 1.46. The van der Waals surface area contributed by atoms with E-state index < -0.39 is 15.9 Å². The summed E-state index contributed by atoms with van der Waals surface area (Å²) in [5, 5.41) is 6.49. The maximum absolute atomic E-state index is 12.2. The molecule has 0 unspecified atom stereocenters. The average molecular weight is 465 g/mol. The number of halogens is 1. The Balaban J connectivity index is 1.69. The molecule has 28 heavy (non-hydrogen) atoms. The van der Waals surface area contributed by atoms with Gasteiger partial charge in [0.25, 0.3) is 0 Å². The summed E-state index contributed by atoms with van der Waals surface area (Å²) in [5.74, 6) is -0.465. The molecule has 0 fully saturated rings. The zero-order valence-electron chi connectivity index (χ0n) is 15.1. The molecule has 1 amide bonds. The van der Waals surface area contributed by atoms with Gasteiger partial charge in [0.1, 0.15) is 0 Å². The van der Waals surface area contributed by atoms with Crippen LogP contribution in [-0.4, -0.2) is 42.9 Å². The molecule has 0 aliphatic heterocycles. The summed E-state index contributed by atoms with van der Waals surface area (Å²) >= 11 is 3.35. The van der Waals surface area contributed by atoms with Crippen molar-refractivity contribution in [2.45, 2.75) is 11.4 Å². The van der Waals surface area contributed by atoms with Crippen LogP contribution in [0.4, 0.5) is 0 Å². The molecule has 0 aliphatic rings. The van der Waals surface area contributed by atoms with E-state index in [1.165, 1.54) is 26.2 Å². The van der Waals surface area contributed by atoms with E-state index in [1.807, 2.05) is 24.3 Å². The molecular weight excluding hydrogens is 448 g/mol. The Morgan fingerprint density at radius 1 is 1.11 bits per heavy atom. The molecule has 0 spiro atoms. The Bertz CT molecular complexity index is 1080. The van der Waals surface area contributed by atoms with Gasteiger partial charge in [0.15, 0.2) is 0 Å². The second-order valence-electron chi connectivity index (χ2n) is 6.04. The maximum atomic E-state index is 12.2. The number of hydrogen-bond donors (Lipinski definition) is 1. The number of carbonyl (C=O) groups is 1. The topological polar surface area (TPSA) is 105 Å². The van der Waals surface area contributed by atoms with E-state index in [2.05, 4.69) is 31.4 Å². The largest absolute Gasteiger partial charge is 0.344 e. The Morgan fingerprint density at radius 3 is 2.36 bits per heavy atom. The minimum atomic E-state index is -3.52. The van der Waals surface area contributed by atoms with Crippen molar-refractivity contribution >= 4 is 31.9 Å². The lowest BCUT2D eigenvalue weighted by Gasteiger charge is -2.11. The highest BCUT2D eigenvalue weighted by molar-refractivity contribution is 9.10. The molecule has 10 heteroatoms. The molecule has 0 saturated heterocycles. The Morgan fingerprint density at radius 2 is 1.75 bits per heavy atom. The highest BCUT2D eigenvalue weighted by Gasteiger charge is 2.19. The Kier molecular flexibility index (Phi) is 5.92. The van der Waals surface area contributed by atoms with Crippen molar-refractivity contribution < 1.29 is 17.7 Å². The molecule has 3 aromatic rings. The number of sulfonamides is 1. The third-order valence-corrected chi connectivity index (χ3v) is 6.24. The molecule has 2 aromatic carbocycles. The highest BCUT2D eigenvalue weighted by atomic mass is 79.9. The third-order valence-electron chi connectivity index (χ3n) is 3.88. The highest BCUT2D eigenvalue weighted by Crippen LogP contribution is 2.20. The number of benzene rings is 2. The van der Waals surface area contributed by atoms with Gasteiger partial charge in [-0.3, -0.25) is 4.79 Å². The summed E-state index contributed by atoms with van der Waals surface area (Å²) in [6.07, 6.45) is 0. The van der Waals surface area contributed by atoms with Crippen molar-refractivity contribution in [2.75, 3.05) is 14.1 Å². The van der Waals surface area contributed by atoms with Crippen LogP contribution in [0.15, 0.2) is 62.4 Å². The first-order valence-corrected chi connectivity index (χ1v) is 10.4. The Hall–Kier alpha value is -2.56. The number of carbonyl (C=O) groups excluding carboxylic acids is 1. The minimum absolute atomic E-state index is 0.150. The summed E-state index contributed by atoms with van der Waals surface area (Å²) in [4.78, 5) is 16.4. The van der Waals surface area contributed by atoms with Crippen molar-refractivity contribution in [1.29, 1.82) is 0 Å². The van der Waals surface area contributed by atoms with Gasteiger partial charge in [-0.05, 0) is 42.0 Å². The Labute approximate surface area is 170 Å². The first-order chi connectivity index (χ1) is 13.3. The fourth-order valence-corrected chi connectivity index (χ4v) is 3.45. The predicted octanol–water partition coefficient (Wildman–Crippen LogP) is 2.68. The summed E-state index contributed by atoms with van der Waals surface area (Å²) in [6, 6.07) is 13.6. The number of nitrogens with zero attached hydrogens (tertiary/aromatic N) is 3. The van der Waals surface area contributed by atoms with E-state index in [4.69, 9.17) is 4.52 Å². The number of rotatable bonds is 6. The summed E-state index contributed by atoms with van der Waals surface area (Å²) < 4.78 is 31.3. The van der Waals surface area contributed by atoms with Crippen molar-refractivity contribution in [2.24, 2.45) is 0 Å². The third kappa shape index (κ3) is 4.46. The molecule has 3 rings (SSSR count). The molecule has 0 aliphatic carbocycles. The SMILES string of the molecule is CN(C)S(=O)(=O)c1ccc(-c2noc(C(=O)NCc3ccc(Br)cc3)n2)cc1. The van der Waals surface area contributed by atoms with Crippen molar-refractivity contribution in [1.82, 2.24) is 19.8 Å². The van der Waals surface area contributed by atoms with Gasteiger partial charge in [0.2, 0.25) is 15.8 Å². The molecular formula is C18H17BrN4O4S. The standard InChI is InChI=1S/C18H17BrN4O4S/c1-23(2)28(25,26)15-9-5-13(6-10-15)16-21-18(27-22-16)17(24)20-11-12-3-7-14(19)8-4-12/h3-10H,11H2,1-2H3,(H,20,24). The van der Waals surface area contributed by atoms with E-state index in [0.717, 1.165) is 14.3 Å². The normalized spacial score (nSPS) is 11.6. The molecule has 1 heterocycles. The lowest BCUT2D eigenvalue weighted by Crippen LogP contribution is -2.23. The van der Waals surface area contributed by atoms with Gasteiger partial charge in [0, 0.05) is 30.7 Å². The van der Waals surface area contributed by atoms with Crippen LogP contribution in [0.3, 0.4) is 0 Å². The molecule has 0 radical (unpaired) electrons. The van der Waals surface area contributed by atoms with Gasteiger partial charge in [-0.2, -0.15) is 4.98 Å². The molecule has 146 valence electrons. The quantitative estimate of drug-likeness (QED) is 0.600. The van der Waals surface area contributed by atoms with Crippen LogP contribution in [0.25, 0.3) is 11.4 Å². The van der Waals surface area contributed by atoms with Gasteiger partial charge in [-0.15, -0.1) is 0 Å². The van der Waals surface area contributed by atoms with Crippen LogP contribution in [0.2, 0.25) is 0 Å². The minimum Gasteiger partial charge on any atom is -0.344 e. The molecule has 1 aromatic heterocycles. The van der Waals surface area contributed by atoms with Crippen molar-refractivity contribution in [3.8, 4) is 11.4 Å². The van der Waals surface area contributed by atoms with Crippen LogP contribution in [0.5, 0.6) is 0 Å². The van der Waals surface area contributed by atoms with Gasteiger partial charge in [0.05, 0.1) is 4.90 Å². The van der Waals surface area contributed by atoms with Crippen molar-refractivity contribution in [3.63, 3.8) is 0 Å². The first-order valence-electron chi connectivity index (χ1n) is 8.16. The monoisotopic (exact) mass is 464 g/mol. The number of amides is 1. The zero-order chi connectivity index (χ0) is 20.3. The van der Waals surface area contributed by atoms with Gasteiger partial charge in [-0.25, -0.2) is 12.7 Å². The van der Waals surface area contributed by atoms with E-state index in [-0.39, 0.29) is 16.6 Å². The van der Waals surface area contributed by atoms with Crippen LogP contribution in [-0.2, 0) is 16.6 Å². The van der Waals surface area contributed by atoms with E-state index in [9.17, 15) is 13.2 Å². The molecule has 0 atom stereocenters. The molecule has 8 nitrogen and oxygen atoms in total. The fourth-order valence-electron chi connectivity index (χ4n) is 2.28. The number of aromatic nitrogens is 2. The second kappa shape index (κ2) is 8.21. The van der Waals surface area contributed by atoms with E-state index >= 15 is 0 Å². The molecule has 0 saturated carbocycles. The van der Waals surface area contributed by atoms with Crippen LogP contribution in [0, 0.1) is 0 Å². The smallest absolute Gasteiger partial charge is 0.316 e. The first kappa shape index (κ1) is 20.2. The lowest BCUT2D eigenvalue weighted by molar-refractivity contribution is 0.0907. The summed E-state index contributed by atoms with van der Waals surface area (Å²) in [6.45, 7) is 0.320. The van der Waals surface area contributed by atoms with E-state index in [1.54, 1.807) is 12.1 Å². The van der Waals surface area contributed by atoms with Gasteiger partial charge >= 0.3 is 11.8 Å². The molecule has 0 bridgehead atoms. The fraction of sp³-hybridized carbons (Fsp3) is 0.167. The van der Waals surface area contributed by atoms with Gasteiger partial charge < -0.3 is 9.84 Å². The average Bonchev–Trinajstić information content (AvgIpc) is 3.17. The zero-order valence-corrected chi connectivity index (χ0v) is 17.5. The number of hydrogen-bond acceptors (Lipinski definition) is 6. The van der Waals surface area contributed by atoms with Crippen LogP contribution in [0.1, 0.15) is 16.2 Å². The van der Waals surface area contributed by atoms with Gasteiger partial charge in [-0.1, -0.05) is 33.2 Å². The second-order valence-corrected chi connectivity index (χ2v) is 9.11. The predicted molar refractivity (Wildman–Crippen MR) is 106 cm³/mol. The maximum Gasteiger partial charge on any atom is 0.316 e.